The number of para-hydroxylation sites is 1. The summed E-state index contributed by atoms with van der Waals surface area (Å²) in [4.78, 5) is 20.5. The van der Waals surface area contributed by atoms with Gasteiger partial charge >= 0.3 is 0 Å². The van der Waals surface area contributed by atoms with Crippen LogP contribution in [0.15, 0.2) is 75.3 Å². The second kappa shape index (κ2) is 7.86. The van der Waals surface area contributed by atoms with Crippen molar-refractivity contribution in [3.63, 3.8) is 0 Å². The average Bonchev–Trinajstić information content (AvgIpc) is 3.48. The Hall–Kier alpha value is -3.42. The molecular weight excluding hydrogens is 452 g/mol. The number of phenolic OH excluding ortho intramolecular Hbond substituents is 1. The number of fused-ring (bicyclic) bond motifs is 3. The Morgan fingerprint density at radius 3 is 2.82 bits per heavy atom. The number of thiophene rings is 1. The number of aromatic hydroxyl groups is 1. The van der Waals surface area contributed by atoms with Gasteiger partial charge in [0.1, 0.15) is 0 Å². The summed E-state index contributed by atoms with van der Waals surface area (Å²) in [6.07, 6.45) is 3.54. The minimum Gasteiger partial charge on any atom is -0.504 e. The highest BCUT2D eigenvalue weighted by Crippen LogP contribution is 2.42. The molecule has 0 amide bonds. The van der Waals surface area contributed by atoms with E-state index in [1.54, 1.807) is 35.6 Å². The van der Waals surface area contributed by atoms with E-state index in [1.165, 1.54) is 29.6 Å². The average molecular weight is 473 g/mol. The molecule has 5 nitrogen and oxygen atoms in total. The zero-order valence-electron chi connectivity index (χ0n) is 17.8. The lowest BCUT2D eigenvalue weighted by Crippen LogP contribution is -2.38. The van der Waals surface area contributed by atoms with Gasteiger partial charge in [-0.15, -0.1) is 11.3 Å². The minimum atomic E-state index is -0.161. The minimum absolute atomic E-state index is 0.0221. The molecule has 0 spiro atoms. The fourth-order valence-electron chi connectivity index (χ4n) is 4.68. The SMILES string of the molecule is COc1cccc(/C=c2/sc3n(c2=O)[C@H](c2cccs2)C2=C(N=3)c3ccccc3CC2)c1O. The Morgan fingerprint density at radius 1 is 1.12 bits per heavy atom. The van der Waals surface area contributed by atoms with Gasteiger partial charge in [-0.3, -0.25) is 9.36 Å². The number of ether oxygens (including phenoxy) is 1. The fourth-order valence-corrected chi connectivity index (χ4v) is 6.52. The molecule has 0 unspecified atom stereocenters. The third kappa shape index (κ3) is 3.19. The predicted molar refractivity (Wildman–Crippen MR) is 132 cm³/mol. The van der Waals surface area contributed by atoms with Gasteiger partial charge in [-0.05, 0) is 47.6 Å². The number of rotatable bonds is 3. The van der Waals surface area contributed by atoms with Crippen LogP contribution in [0.25, 0.3) is 11.8 Å². The first kappa shape index (κ1) is 20.2. The first-order valence-electron chi connectivity index (χ1n) is 10.7. The van der Waals surface area contributed by atoms with Gasteiger partial charge in [0.05, 0.1) is 23.4 Å². The lowest BCUT2D eigenvalue weighted by atomic mass is 9.85. The van der Waals surface area contributed by atoms with E-state index >= 15 is 0 Å². The van der Waals surface area contributed by atoms with Gasteiger partial charge < -0.3 is 9.84 Å². The van der Waals surface area contributed by atoms with E-state index in [9.17, 15) is 9.90 Å². The van der Waals surface area contributed by atoms with E-state index in [0.717, 1.165) is 29.0 Å². The van der Waals surface area contributed by atoms with Crippen molar-refractivity contribution >= 4 is 34.4 Å². The van der Waals surface area contributed by atoms with E-state index in [4.69, 9.17) is 9.73 Å². The van der Waals surface area contributed by atoms with Crippen molar-refractivity contribution in [1.29, 1.82) is 0 Å². The molecule has 2 aliphatic rings. The quantitative estimate of drug-likeness (QED) is 0.488. The molecule has 7 heteroatoms. The van der Waals surface area contributed by atoms with Gasteiger partial charge in [-0.25, -0.2) is 4.99 Å². The largest absolute Gasteiger partial charge is 0.504 e. The van der Waals surface area contributed by atoms with Crippen molar-refractivity contribution in [3.8, 4) is 11.5 Å². The van der Waals surface area contributed by atoms with Crippen molar-refractivity contribution in [2.24, 2.45) is 4.99 Å². The summed E-state index contributed by atoms with van der Waals surface area (Å²) in [5.74, 6) is 0.397. The lowest BCUT2D eigenvalue weighted by Gasteiger charge is -2.30. The van der Waals surface area contributed by atoms with E-state index in [0.29, 0.717) is 20.6 Å². The molecule has 33 heavy (non-hydrogen) atoms. The third-order valence-electron chi connectivity index (χ3n) is 6.22. The Bertz CT molecular complexity index is 1590. The molecule has 0 fully saturated rings. The molecule has 0 bridgehead atoms. The van der Waals surface area contributed by atoms with Crippen LogP contribution in [0.2, 0.25) is 0 Å². The second-order valence-corrected chi connectivity index (χ2v) is 10.0. The highest BCUT2D eigenvalue weighted by atomic mass is 32.1. The van der Waals surface area contributed by atoms with Gasteiger partial charge in [-0.1, -0.05) is 53.8 Å². The number of allylic oxidation sites excluding steroid dienone is 1. The Kier molecular flexibility index (Phi) is 4.81. The molecule has 3 heterocycles. The molecular formula is C26H20N2O3S2. The highest BCUT2D eigenvalue weighted by Gasteiger charge is 2.33. The Morgan fingerprint density at radius 2 is 2.00 bits per heavy atom. The smallest absolute Gasteiger partial charge is 0.271 e. The Balaban J connectivity index is 1.62. The molecule has 0 radical (unpaired) electrons. The van der Waals surface area contributed by atoms with Crippen LogP contribution in [0.5, 0.6) is 11.5 Å². The van der Waals surface area contributed by atoms with Gasteiger partial charge in [-0.2, -0.15) is 0 Å². The molecule has 164 valence electrons. The summed E-state index contributed by atoms with van der Waals surface area (Å²) < 4.78 is 7.58. The zero-order valence-corrected chi connectivity index (χ0v) is 19.5. The van der Waals surface area contributed by atoms with Gasteiger partial charge in [0.15, 0.2) is 16.3 Å². The molecule has 1 aliphatic carbocycles. The summed E-state index contributed by atoms with van der Waals surface area (Å²) in [6.45, 7) is 0. The van der Waals surface area contributed by atoms with Crippen molar-refractivity contribution in [3.05, 3.63) is 107 Å². The van der Waals surface area contributed by atoms with E-state index in [2.05, 4.69) is 29.6 Å². The van der Waals surface area contributed by atoms with Crippen molar-refractivity contribution in [2.45, 2.75) is 18.9 Å². The number of nitrogens with zero attached hydrogens (tertiary/aromatic N) is 2. The molecule has 1 aliphatic heterocycles. The first-order valence-corrected chi connectivity index (χ1v) is 12.4. The normalized spacial score (nSPS) is 17.2. The number of hydrogen-bond acceptors (Lipinski definition) is 6. The van der Waals surface area contributed by atoms with Crippen molar-refractivity contribution in [2.75, 3.05) is 7.11 Å². The first-order chi connectivity index (χ1) is 16.2. The van der Waals surface area contributed by atoms with Crippen LogP contribution in [0.1, 0.15) is 34.0 Å². The molecule has 6 rings (SSSR count). The summed E-state index contributed by atoms with van der Waals surface area (Å²) in [5, 5.41) is 12.6. The molecule has 2 aromatic heterocycles. The van der Waals surface area contributed by atoms with Crippen LogP contribution in [-0.2, 0) is 6.42 Å². The highest BCUT2D eigenvalue weighted by molar-refractivity contribution is 7.10. The zero-order chi connectivity index (χ0) is 22.5. The van der Waals surface area contributed by atoms with Crippen LogP contribution in [0.4, 0.5) is 0 Å². The summed E-state index contributed by atoms with van der Waals surface area (Å²) >= 11 is 3.02. The van der Waals surface area contributed by atoms with E-state index < -0.39 is 0 Å². The molecule has 1 N–H and O–H groups in total. The molecule has 2 aromatic carbocycles. The van der Waals surface area contributed by atoms with Crippen LogP contribution in [-0.4, -0.2) is 16.8 Å². The standard InChI is InChI=1S/C26H20N2O3S2/c1-31-19-9-4-7-16(24(19)29)14-21-25(30)28-23(20-10-5-13-32-20)18-12-11-15-6-2-3-8-17(15)22(18)27-26(28)33-21/h2-10,13-14,23,29H,11-12H2,1H3/b21-14+/t23-/m0/s1. The Labute approximate surface area is 197 Å². The van der Waals surface area contributed by atoms with E-state index in [1.807, 2.05) is 16.7 Å². The maximum Gasteiger partial charge on any atom is 0.271 e. The van der Waals surface area contributed by atoms with Gasteiger partial charge in [0.25, 0.3) is 5.56 Å². The van der Waals surface area contributed by atoms with Crippen LogP contribution >= 0.6 is 22.7 Å². The monoisotopic (exact) mass is 472 g/mol. The van der Waals surface area contributed by atoms with Gasteiger partial charge in [0, 0.05) is 16.0 Å². The molecule has 0 saturated heterocycles. The van der Waals surface area contributed by atoms with E-state index in [-0.39, 0.29) is 17.4 Å². The molecule has 1 atom stereocenters. The number of hydrogen-bond donors (Lipinski definition) is 1. The predicted octanol–water partition coefficient (Wildman–Crippen LogP) is 4.09. The second-order valence-electron chi connectivity index (χ2n) is 8.03. The number of phenols is 1. The summed E-state index contributed by atoms with van der Waals surface area (Å²) in [5.41, 5.74) is 5.09. The number of aryl methyl sites for hydroxylation is 1. The molecule has 0 saturated carbocycles. The molecule has 4 aromatic rings. The van der Waals surface area contributed by atoms with Crippen molar-refractivity contribution < 1.29 is 9.84 Å². The third-order valence-corrected chi connectivity index (χ3v) is 8.13. The summed E-state index contributed by atoms with van der Waals surface area (Å²) in [6, 6.07) is 17.6. The number of benzene rings is 2. The van der Waals surface area contributed by atoms with Crippen LogP contribution in [0, 0.1) is 0 Å². The maximum atomic E-state index is 13.7. The fraction of sp³-hybridized carbons (Fsp3) is 0.154. The lowest BCUT2D eigenvalue weighted by molar-refractivity contribution is 0.373. The number of aromatic nitrogens is 1. The maximum absolute atomic E-state index is 13.7. The van der Waals surface area contributed by atoms with Crippen LogP contribution in [0.3, 0.4) is 0 Å². The number of methoxy groups -OCH3 is 1. The van der Waals surface area contributed by atoms with Crippen LogP contribution < -0.4 is 19.6 Å². The van der Waals surface area contributed by atoms with Gasteiger partial charge in [0.2, 0.25) is 0 Å². The topological polar surface area (TPSA) is 63.8 Å². The summed E-state index contributed by atoms with van der Waals surface area (Å²) in [7, 11) is 1.51. The van der Waals surface area contributed by atoms with Crippen molar-refractivity contribution in [1.82, 2.24) is 4.57 Å². The number of thiazole rings is 1.